The van der Waals surface area contributed by atoms with Gasteiger partial charge in [-0.3, -0.25) is 38.7 Å². The van der Waals surface area contributed by atoms with Gasteiger partial charge in [0.25, 0.3) is 17.7 Å². The Hall–Kier alpha value is -7.50. The highest BCUT2D eigenvalue weighted by atomic mass is 19.1. The van der Waals surface area contributed by atoms with E-state index in [9.17, 15) is 38.0 Å². The number of benzene rings is 2. The molecule has 0 aliphatic carbocycles. The zero-order valence-electron chi connectivity index (χ0n) is 43.9. The average Bonchev–Trinajstić information content (AvgIpc) is 4.08. The summed E-state index contributed by atoms with van der Waals surface area (Å²) in [4.78, 5) is 84.1. The zero-order valence-corrected chi connectivity index (χ0v) is 43.9. The minimum Gasteiger partial charge on any atom is -0.492 e. The summed E-state index contributed by atoms with van der Waals surface area (Å²) in [5, 5.41) is 17.3. The molecule has 10 rings (SSSR count). The first-order chi connectivity index (χ1) is 37.3. The van der Waals surface area contributed by atoms with Crippen molar-refractivity contribution >= 4 is 46.6 Å². The molecule has 20 heteroatoms. The van der Waals surface area contributed by atoms with Crippen LogP contribution in [0.3, 0.4) is 0 Å². The number of piperidine rings is 2. The number of halogens is 2. The van der Waals surface area contributed by atoms with E-state index < -0.39 is 29.1 Å². The van der Waals surface area contributed by atoms with Crippen molar-refractivity contribution in [3.63, 3.8) is 0 Å². The van der Waals surface area contributed by atoms with Gasteiger partial charge in [-0.25, -0.2) is 18.3 Å². The number of unbranched alkanes of at least 4 members (excludes halogenated alkanes) is 3. The van der Waals surface area contributed by atoms with Crippen LogP contribution in [0.2, 0.25) is 0 Å². The van der Waals surface area contributed by atoms with E-state index in [2.05, 4.69) is 42.2 Å². The van der Waals surface area contributed by atoms with Crippen LogP contribution in [-0.4, -0.2) is 172 Å². The van der Waals surface area contributed by atoms with E-state index in [0.29, 0.717) is 107 Å². The van der Waals surface area contributed by atoms with E-state index >= 15 is 0 Å². The predicted molar refractivity (Wildman–Crippen MR) is 284 cm³/mol. The normalized spacial score (nSPS) is 19.2. The molecule has 0 saturated carbocycles. The van der Waals surface area contributed by atoms with Gasteiger partial charge in [-0.1, -0.05) is 12.8 Å². The zero-order chi connectivity index (χ0) is 53.8. The van der Waals surface area contributed by atoms with Crippen LogP contribution in [-0.2, 0) is 20.9 Å². The first-order valence-corrected chi connectivity index (χ1v) is 27.1. The lowest BCUT2D eigenvalue weighted by molar-refractivity contribution is -0.150. The number of imide groups is 1. The lowest BCUT2D eigenvalue weighted by Gasteiger charge is -2.46. The number of nitrogens with zero attached hydrogens (tertiary/aromatic N) is 11. The predicted octanol–water partition coefficient (Wildman–Crippen LogP) is 5.73. The molecule has 4 saturated heterocycles. The number of hydrogen-bond acceptors (Lipinski definition) is 13. The number of fused-ring (bicyclic) bond motifs is 2. The van der Waals surface area contributed by atoms with Crippen molar-refractivity contribution in [1.29, 1.82) is 5.26 Å². The van der Waals surface area contributed by atoms with Gasteiger partial charge in [0.15, 0.2) is 0 Å². The third kappa shape index (κ3) is 11.5. The van der Waals surface area contributed by atoms with E-state index in [-0.39, 0.29) is 35.6 Å². The highest BCUT2D eigenvalue weighted by Crippen LogP contribution is 2.35. The second-order valence-electron chi connectivity index (χ2n) is 21.0. The molecule has 0 bridgehead atoms. The number of likely N-dealkylation sites (tertiary alicyclic amines) is 1. The highest BCUT2D eigenvalue weighted by Gasteiger charge is 2.42. The maximum absolute atomic E-state index is 14.9. The van der Waals surface area contributed by atoms with E-state index in [1.54, 1.807) is 21.8 Å². The third-order valence-corrected chi connectivity index (χ3v) is 16.2. The van der Waals surface area contributed by atoms with Crippen LogP contribution in [0, 0.1) is 23.0 Å². The molecule has 3 aromatic heterocycles. The van der Waals surface area contributed by atoms with Gasteiger partial charge in [0.2, 0.25) is 11.8 Å². The van der Waals surface area contributed by atoms with Crippen molar-refractivity contribution in [2.24, 2.45) is 0 Å². The van der Waals surface area contributed by atoms with Gasteiger partial charge >= 0.3 is 0 Å². The molecule has 5 aliphatic rings. The number of nitrogens with one attached hydrogen (secondary N) is 1. The molecule has 4 fully saturated rings. The van der Waals surface area contributed by atoms with Gasteiger partial charge in [-0.15, -0.1) is 0 Å². The number of nitriles is 1. The number of likely N-dealkylation sites (N-methyl/N-ethyl adjacent to an activating group) is 1. The van der Waals surface area contributed by atoms with Crippen LogP contribution >= 0.6 is 0 Å². The summed E-state index contributed by atoms with van der Waals surface area (Å²) in [7, 11) is 1.48. The number of ether oxygens (including phenoxy) is 1. The molecule has 5 amide bonds. The number of hydrogen-bond donors (Lipinski definition) is 1. The molecule has 0 spiro atoms. The largest absolute Gasteiger partial charge is 0.492 e. The molecule has 0 radical (unpaired) electrons. The Balaban J connectivity index is 0.668. The number of rotatable bonds is 17. The van der Waals surface area contributed by atoms with Gasteiger partial charge in [0.1, 0.15) is 35.3 Å². The van der Waals surface area contributed by atoms with Crippen molar-refractivity contribution in [3.05, 3.63) is 107 Å². The van der Waals surface area contributed by atoms with Crippen molar-refractivity contribution < 1.29 is 37.5 Å². The highest BCUT2D eigenvalue weighted by molar-refractivity contribution is 6.05. The van der Waals surface area contributed by atoms with Crippen LogP contribution in [0.1, 0.15) is 96.6 Å². The summed E-state index contributed by atoms with van der Waals surface area (Å²) >= 11 is 0. The fraction of sp³-hybridized carbons (Fsp3) is 0.474. The average molecular weight is 1050 g/mol. The number of pyridine rings is 2. The summed E-state index contributed by atoms with van der Waals surface area (Å²) in [5.74, 6) is -1.33. The Morgan fingerprint density at radius 2 is 1.61 bits per heavy atom. The Labute approximate surface area is 447 Å². The monoisotopic (exact) mass is 1050 g/mol. The molecule has 5 aromatic rings. The Bertz CT molecular complexity index is 3070. The molecule has 5 aliphatic heterocycles. The first kappa shape index (κ1) is 52.9. The minimum absolute atomic E-state index is 0.148. The molecule has 8 heterocycles. The fourth-order valence-corrected chi connectivity index (χ4v) is 11.7. The lowest BCUT2D eigenvalue weighted by Crippen LogP contribution is -2.62. The van der Waals surface area contributed by atoms with Crippen LogP contribution in [0.4, 0.5) is 20.3 Å². The second kappa shape index (κ2) is 23.0. The van der Waals surface area contributed by atoms with Gasteiger partial charge in [0, 0.05) is 127 Å². The summed E-state index contributed by atoms with van der Waals surface area (Å²) in [5.41, 5.74) is 4.16. The SMILES string of the molecule is CCOc1cc(-c2ccc(N3CCC(CN4CCN(C(=O)CCCCCCN5CCN(c6ccc7c(c6)CN(C6CCC(=O)N(C)C6=O)C7=O)CC5)CC4)(NC(=O)c4cc(F)ccc4F)CC3)nc2)c2c(C#N)cnn2c1. The molecule has 1 atom stereocenters. The Morgan fingerprint density at radius 1 is 0.844 bits per heavy atom. The maximum atomic E-state index is 14.9. The van der Waals surface area contributed by atoms with Gasteiger partial charge in [0.05, 0.1) is 41.2 Å². The molecule has 77 heavy (non-hydrogen) atoms. The quantitative estimate of drug-likeness (QED) is 0.0881. The molecule has 1 N–H and O–H groups in total. The van der Waals surface area contributed by atoms with Crippen LogP contribution in [0.5, 0.6) is 5.75 Å². The van der Waals surface area contributed by atoms with Crippen molar-refractivity contribution in [1.82, 2.24) is 44.4 Å². The maximum Gasteiger partial charge on any atom is 0.255 e. The molecule has 404 valence electrons. The van der Waals surface area contributed by atoms with E-state index in [1.807, 2.05) is 42.2 Å². The summed E-state index contributed by atoms with van der Waals surface area (Å²) in [6.45, 7) is 11.3. The smallest absolute Gasteiger partial charge is 0.255 e. The standard InChI is InChI=1S/C57H66F2N12O6/c1-3-77-44-32-46(53-41(33-60)35-62-71(53)37-44)39-9-15-50(61-34-39)68-20-17-57(18-21-68,63-54(74)47-31-42(58)10-13-48(47)59)38-66-24-28-69(29-25-66)52(73)8-6-4-5-7-19-65-22-26-67(27-23-65)43-11-12-45-40(30-43)36-70(55(45)75)49-14-16-51(72)64(2)56(49)76/h9-13,15,30-32,34-35,37,49H,3-8,14,16-29,36,38H2,1-2H3,(H,63,74). The Kier molecular flexibility index (Phi) is 15.8. The van der Waals surface area contributed by atoms with Gasteiger partial charge in [-0.2, -0.15) is 10.4 Å². The van der Waals surface area contributed by atoms with E-state index in [1.165, 1.54) is 13.2 Å². The topological polar surface area (TPSA) is 183 Å². The second-order valence-corrected chi connectivity index (χ2v) is 21.0. The van der Waals surface area contributed by atoms with Crippen molar-refractivity contribution in [2.75, 3.05) is 102 Å². The summed E-state index contributed by atoms with van der Waals surface area (Å²) < 4.78 is 36.7. The van der Waals surface area contributed by atoms with E-state index in [4.69, 9.17) is 9.72 Å². The summed E-state index contributed by atoms with van der Waals surface area (Å²) in [6, 6.07) is 16.2. The summed E-state index contributed by atoms with van der Waals surface area (Å²) in [6.07, 6.45) is 11.1. The minimum atomic E-state index is -0.794. The van der Waals surface area contributed by atoms with E-state index in [0.717, 1.165) is 110 Å². The van der Waals surface area contributed by atoms with Crippen LogP contribution < -0.4 is 19.9 Å². The fourth-order valence-electron chi connectivity index (χ4n) is 11.7. The number of carbonyl (C=O) groups is 5. The molecule has 2 aromatic carbocycles. The van der Waals surface area contributed by atoms with Crippen LogP contribution in [0.15, 0.2) is 73.2 Å². The van der Waals surface area contributed by atoms with Crippen molar-refractivity contribution in [3.8, 4) is 22.9 Å². The molecular formula is C57H66F2N12O6. The third-order valence-electron chi connectivity index (χ3n) is 16.2. The van der Waals surface area contributed by atoms with Crippen molar-refractivity contribution in [2.45, 2.75) is 82.8 Å². The lowest BCUT2D eigenvalue weighted by atomic mass is 9.86. The van der Waals surface area contributed by atoms with Gasteiger partial charge < -0.3 is 29.7 Å². The number of anilines is 2. The first-order valence-electron chi connectivity index (χ1n) is 27.1. The molecular weight excluding hydrogens is 987 g/mol. The Morgan fingerprint density at radius 3 is 2.35 bits per heavy atom. The van der Waals surface area contributed by atoms with Gasteiger partial charge in [-0.05, 0) is 106 Å². The number of aromatic nitrogens is 3. The molecule has 1 unspecified atom stereocenters. The molecule has 18 nitrogen and oxygen atoms in total. The number of carbonyl (C=O) groups excluding carboxylic acids is 5. The number of piperazine rings is 2. The number of amides is 5. The van der Waals surface area contributed by atoms with Crippen LogP contribution in [0.25, 0.3) is 16.6 Å².